The van der Waals surface area contributed by atoms with E-state index < -0.39 is 0 Å². The molecule has 0 aromatic heterocycles. The van der Waals surface area contributed by atoms with E-state index in [-0.39, 0.29) is 5.75 Å². The van der Waals surface area contributed by atoms with Gasteiger partial charge in [0, 0.05) is 0 Å². The predicted molar refractivity (Wildman–Crippen MR) is 97.3 cm³/mol. The third-order valence-electron chi connectivity index (χ3n) is 3.53. The Balaban J connectivity index is 1.95. The van der Waals surface area contributed by atoms with Gasteiger partial charge in [-0.25, -0.2) is 5.01 Å². The highest BCUT2D eigenvalue weighted by atomic mass is 16.5. The number of ether oxygens (including phenoxy) is 1. The monoisotopic (exact) mass is 318 g/mol. The lowest BCUT2D eigenvalue weighted by Crippen LogP contribution is -2.09. The van der Waals surface area contributed by atoms with Gasteiger partial charge in [-0.05, 0) is 48.0 Å². The Hall–Kier alpha value is -3.27. The molecule has 3 rings (SSSR count). The number of hydrazone groups is 1. The van der Waals surface area contributed by atoms with Crippen molar-refractivity contribution in [1.29, 1.82) is 0 Å². The molecule has 0 fully saturated rings. The lowest BCUT2D eigenvalue weighted by Gasteiger charge is -2.19. The topological polar surface area (TPSA) is 45.1 Å². The molecule has 24 heavy (non-hydrogen) atoms. The zero-order valence-electron chi connectivity index (χ0n) is 13.3. The number of phenols is 1. The summed E-state index contributed by atoms with van der Waals surface area (Å²) in [5, 5.41) is 16.2. The smallest absolute Gasteiger partial charge is 0.161 e. The van der Waals surface area contributed by atoms with E-state index in [0.717, 1.165) is 16.9 Å². The zero-order valence-corrected chi connectivity index (χ0v) is 13.3. The Bertz CT molecular complexity index is 778. The Labute approximate surface area is 141 Å². The fourth-order valence-electron chi connectivity index (χ4n) is 2.32. The third-order valence-corrected chi connectivity index (χ3v) is 3.53. The second-order valence-electron chi connectivity index (χ2n) is 5.16. The number of hydrogen-bond acceptors (Lipinski definition) is 4. The van der Waals surface area contributed by atoms with Crippen LogP contribution >= 0.6 is 0 Å². The number of phenolic OH excluding ortho intramolecular Hbond substituents is 1. The molecule has 0 amide bonds. The molecule has 0 bridgehead atoms. The van der Waals surface area contributed by atoms with Crippen LogP contribution in [0.1, 0.15) is 5.56 Å². The Morgan fingerprint density at radius 2 is 1.46 bits per heavy atom. The summed E-state index contributed by atoms with van der Waals surface area (Å²) in [7, 11) is 1.52. The van der Waals surface area contributed by atoms with Crippen LogP contribution in [0.2, 0.25) is 0 Å². The maximum absolute atomic E-state index is 9.69. The lowest BCUT2D eigenvalue weighted by molar-refractivity contribution is 0.373. The number of methoxy groups -OCH3 is 1. The molecule has 0 radical (unpaired) electrons. The standard InChI is InChI=1S/C20H18N2O2/c1-24-20-14-16(12-13-19(20)23)15-21-22(17-8-4-2-5-9-17)18-10-6-3-7-11-18/h2-15,23H,1H3/b21-15-. The molecule has 1 N–H and O–H groups in total. The highest BCUT2D eigenvalue weighted by Crippen LogP contribution is 2.27. The molecule has 120 valence electrons. The van der Waals surface area contributed by atoms with Crippen LogP contribution in [0.4, 0.5) is 11.4 Å². The first kappa shape index (κ1) is 15.6. The number of anilines is 2. The van der Waals surface area contributed by atoms with Crippen molar-refractivity contribution in [3.63, 3.8) is 0 Å². The molecule has 0 heterocycles. The first-order valence-corrected chi connectivity index (χ1v) is 7.59. The summed E-state index contributed by atoms with van der Waals surface area (Å²) in [6.45, 7) is 0. The first-order chi connectivity index (χ1) is 11.8. The van der Waals surface area contributed by atoms with Crippen molar-refractivity contribution in [2.24, 2.45) is 5.10 Å². The molecular weight excluding hydrogens is 300 g/mol. The predicted octanol–water partition coefficient (Wildman–Crippen LogP) is 4.57. The fraction of sp³-hybridized carbons (Fsp3) is 0.0500. The van der Waals surface area contributed by atoms with Crippen molar-refractivity contribution in [2.45, 2.75) is 0 Å². The van der Waals surface area contributed by atoms with Crippen LogP contribution in [-0.2, 0) is 0 Å². The van der Waals surface area contributed by atoms with E-state index in [0.29, 0.717) is 5.75 Å². The van der Waals surface area contributed by atoms with E-state index in [1.807, 2.05) is 65.7 Å². The second kappa shape index (κ2) is 7.33. The summed E-state index contributed by atoms with van der Waals surface area (Å²) in [5.74, 6) is 0.530. The first-order valence-electron chi connectivity index (χ1n) is 7.59. The van der Waals surface area contributed by atoms with E-state index in [2.05, 4.69) is 5.10 Å². The van der Waals surface area contributed by atoms with Crippen LogP contribution in [0.5, 0.6) is 11.5 Å². The molecule has 0 spiro atoms. The number of nitrogens with zero attached hydrogens (tertiary/aromatic N) is 2. The summed E-state index contributed by atoms with van der Waals surface area (Å²) >= 11 is 0. The van der Waals surface area contributed by atoms with Crippen molar-refractivity contribution in [3.05, 3.63) is 84.4 Å². The SMILES string of the molecule is COc1cc(/C=N\N(c2ccccc2)c2ccccc2)ccc1O. The van der Waals surface area contributed by atoms with Gasteiger partial charge in [-0.15, -0.1) is 0 Å². The van der Waals surface area contributed by atoms with E-state index in [1.165, 1.54) is 7.11 Å². The Morgan fingerprint density at radius 1 is 0.875 bits per heavy atom. The number of rotatable bonds is 5. The average Bonchev–Trinajstić information content (AvgIpc) is 2.65. The van der Waals surface area contributed by atoms with Crippen molar-refractivity contribution in [2.75, 3.05) is 12.1 Å². The molecule has 0 saturated carbocycles. The van der Waals surface area contributed by atoms with Crippen LogP contribution in [0.25, 0.3) is 0 Å². The molecule has 0 atom stereocenters. The molecule has 3 aromatic carbocycles. The van der Waals surface area contributed by atoms with Gasteiger partial charge in [0.05, 0.1) is 24.7 Å². The second-order valence-corrected chi connectivity index (χ2v) is 5.16. The molecule has 4 nitrogen and oxygen atoms in total. The normalized spacial score (nSPS) is 10.7. The lowest BCUT2D eigenvalue weighted by atomic mass is 10.2. The number of benzene rings is 3. The van der Waals surface area contributed by atoms with Crippen LogP contribution in [0, 0.1) is 0 Å². The van der Waals surface area contributed by atoms with Crippen LogP contribution < -0.4 is 9.75 Å². The fourth-order valence-corrected chi connectivity index (χ4v) is 2.32. The van der Waals surface area contributed by atoms with Crippen LogP contribution in [0.15, 0.2) is 84.0 Å². The average molecular weight is 318 g/mol. The van der Waals surface area contributed by atoms with Gasteiger partial charge in [-0.3, -0.25) is 0 Å². The highest BCUT2D eigenvalue weighted by Gasteiger charge is 2.07. The van der Waals surface area contributed by atoms with Gasteiger partial charge in [0.1, 0.15) is 0 Å². The minimum Gasteiger partial charge on any atom is -0.504 e. The van der Waals surface area contributed by atoms with Gasteiger partial charge in [-0.1, -0.05) is 36.4 Å². The van der Waals surface area contributed by atoms with Gasteiger partial charge < -0.3 is 9.84 Å². The summed E-state index contributed by atoms with van der Waals surface area (Å²) < 4.78 is 5.14. The van der Waals surface area contributed by atoms with Gasteiger partial charge in [0.15, 0.2) is 11.5 Å². The molecule has 3 aromatic rings. The Kier molecular flexibility index (Phi) is 4.77. The summed E-state index contributed by atoms with van der Waals surface area (Å²) in [5.41, 5.74) is 2.76. The number of hydrogen-bond donors (Lipinski definition) is 1. The van der Waals surface area contributed by atoms with E-state index in [9.17, 15) is 5.11 Å². The van der Waals surface area contributed by atoms with Crippen molar-refractivity contribution < 1.29 is 9.84 Å². The van der Waals surface area contributed by atoms with Gasteiger partial charge >= 0.3 is 0 Å². The summed E-state index contributed by atoms with van der Waals surface area (Å²) in [6, 6.07) is 25.0. The van der Waals surface area contributed by atoms with E-state index in [1.54, 1.807) is 24.4 Å². The van der Waals surface area contributed by atoms with E-state index >= 15 is 0 Å². The van der Waals surface area contributed by atoms with E-state index in [4.69, 9.17) is 4.74 Å². The number of aromatic hydroxyl groups is 1. The van der Waals surface area contributed by atoms with Gasteiger partial charge in [-0.2, -0.15) is 5.10 Å². The zero-order chi connectivity index (χ0) is 16.8. The molecular formula is C20H18N2O2. The maximum atomic E-state index is 9.69. The van der Waals surface area contributed by atoms with Crippen LogP contribution in [0.3, 0.4) is 0 Å². The van der Waals surface area contributed by atoms with Crippen molar-refractivity contribution in [1.82, 2.24) is 0 Å². The van der Waals surface area contributed by atoms with Crippen molar-refractivity contribution in [3.8, 4) is 11.5 Å². The van der Waals surface area contributed by atoms with Gasteiger partial charge in [0.2, 0.25) is 0 Å². The summed E-state index contributed by atoms with van der Waals surface area (Å²) in [6.07, 6.45) is 1.74. The quantitative estimate of drug-likeness (QED) is 0.553. The Morgan fingerprint density at radius 3 is 2.00 bits per heavy atom. The molecule has 0 aliphatic heterocycles. The maximum Gasteiger partial charge on any atom is 0.161 e. The van der Waals surface area contributed by atoms with Gasteiger partial charge in [0.25, 0.3) is 0 Å². The molecule has 0 unspecified atom stereocenters. The minimum absolute atomic E-state index is 0.109. The minimum atomic E-state index is 0.109. The highest BCUT2D eigenvalue weighted by molar-refractivity contribution is 5.82. The molecule has 0 saturated heterocycles. The summed E-state index contributed by atoms with van der Waals surface area (Å²) in [4.78, 5) is 0. The third kappa shape index (κ3) is 3.55. The molecule has 4 heteroatoms. The van der Waals surface area contributed by atoms with Crippen molar-refractivity contribution >= 4 is 17.6 Å². The van der Waals surface area contributed by atoms with Crippen LogP contribution in [-0.4, -0.2) is 18.4 Å². The number of para-hydroxylation sites is 2. The largest absolute Gasteiger partial charge is 0.504 e. The molecule has 0 aliphatic carbocycles. The molecule has 0 aliphatic rings.